The molecule has 0 aliphatic heterocycles. The van der Waals surface area contributed by atoms with Gasteiger partial charge in [0.2, 0.25) is 0 Å². The van der Waals surface area contributed by atoms with Gasteiger partial charge in [0.05, 0.1) is 12.6 Å². The number of nitrogens with one attached hydrogen (secondary N) is 1. The van der Waals surface area contributed by atoms with Crippen molar-refractivity contribution >= 4 is 0 Å². The summed E-state index contributed by atoms with van der Waals surface area (Å²) in [6, 6.07) is 1.61. The fourth-order valence-corrected chi connectivity index (χ4v) is 0.673. The van der Waals surface area contributed by atoms with E-state index in [9.17, 15) is 0 Å². The highest BCUT2D eigenvalue weighted by molar-refractivity contribution is 5.12. The summed E-state index contributed by atoms with van der Waals surface area (Å²) >= 11 is 0. The Hall–Kier alpha value is -0.800. The quantitative estimate of drug-likeness (QED) is 0.522. The average molecular weight is 126 g/mol. The maximum Gasteiger partial charge on any atom is 0.0624 e. The zero-order chi connectivity index (χ0) is 6.69. The van der Waals surface area contributed by atoms with Crippen LogP contribution in [0.5, 0.6) is 0 Å². The van der Waals surface area contributed by atoms with E-state index in [1.807, 2.05) is 6.07 Å². The fraction of sp³-hybridized carbons (Fsp3) is 0.333. The summed E-state index contributed by atoms with van der Waals surface area (Å²) in [6.07, 6.45) is 3.56. The molecule has 50 valence electrons. The molecule has 0 aliphatic rings. The lowest BCUT2D eigenvalue weighted by Gasteiger charge is -2.02. The van der Waals surface area contributed by atoms with Gasteiger partial charge in [-0.2, -0.15) is 0 Å². The minimum Gasteiger partial charge on any atom is -0.394 e. The summed E-state index contributed by atoms with van der Waals surface area (Å²) in [7, 11) is 0. The van der Waals surface area contributed by atoms with Crippen LogP contribution < -0.4 is 5.73 Å². The van der Waals surface area contributed by atoms with E-state index in [2.05, 4.69) is 4.98 Å². The number of aromatic amines is 1. The highest BCUT2D eigenvalue weighted by atomic mass is 16.3. The number of aromatic nitrogens is 1. The van der Waals surface area contributed by atoms with E-state index in [0.717, 1.165) is 5.56 Å². The first-order valence-electron chi connectivity index (χ1n) is 2.83. The number of nitrogens with two attached hydrogens (primary N) is 1. The second-order valence-electron chi connectivity index (χ2n) is 1.93. The van der Waals surface area contributed by atoms with Gasteiger partial charge in [0.1, 0.15) is 0 Å². The maximum absolute atomic E-state index is 8.57. The number of aliphatic hydroxyl groups is 1. The van der Waals surface area contributed by atoms with Crippen molar-refractivity contribution in [2.45, 2.75) is 6.04 Å². The maximum atomic E-state index is 8.57. The molecule has 4 N–H and O–H groups in total. The van der Waals surface area contributed by atoms with Gasteiger partial charge in [-0.25, -0.2) is 0 Å². The number of hydrogen-bond acceptors (Lipinski definition) is 2. The third-order valence-corrected chi connectivity index (χ3v) is 1.25. The Morgan fingerprint density at radius 1 is 1.78 bits per heavy atom. The Morgan fingerprint density at radius 2 is 2.56 bits per heavy atom. The Labute approximate surface area is 53.5 Å². The van der Waals surface area contributed by atoms with E-state index in [-0.39, 0.29) is 12.6 Å². The molecule has 1 aromatic rings. The molecule has 0 unspecified atom stereocenters. The smallest absolute Gasteiger partial charge is 0.0624 e. The van der Waals surface area contributed by atoms with Crippen molar-refractivity contribution in [1.29, 1.82) is 0 Å². The predicted molar refractivity (Wildman–Crippen MR) is 34.8 cm³/mol. The molecule has 3 heteroatoms. The van der Waals surface area contributed by atoms with Gasteiger partial charge in [-0.3, -0.25) is 0 Å². The molecule has 3 nitrogen and oxygen atoms in total. The number of H-pyrrole nitrogens is 1. The monoisotopic (exact) mass is 126 g/mol. The van der Waals surface area contributed by atoms with Gasteiger partial charge in [0.25, 0.3) is 0 Å². The second kappa shape index (κ2) is 2.66. The standard InChI is InChI=1S/C6H10N2O/c7-6(4-9)5-1-2-8-3-5/h1-3,6,8-9H,4,7H2/t6-/m0/s1. The van der Waals surface area contributed by atoms with E-state index < -0.39 is 0 Å². The molecule has 1 aromatic heterocycles. The minimum atomic E-state index is -0.240. The summed E-state index contributed by atoms with van der Waals surface area (Å²) in [5.74, 6) is 0. The second-order valence-corrected chi connectivity index (χ2v) is 1.93. The third kappa shape index (κ3) is 1.31. The Morgan fingerprint density at radius 3 is 3.00 bits per heavy atom. The van der Waals surface area contributed by atoms with Crippen LogP contribution >= 0.6 is 0 Å². The highest BCUT2D eigenvalue weighted by Crippen LogP contribution is 2.05. The molecule has 0 saturated carbocycles. The van der Waals surface area contributed by atoms with Crippen LogP contribution in [0.15, 0.2) is 18.5 Å². The summed E-state index contributed by atoms with van der Waals surface area (Å²) in [5, 5.41) is 8.57. The Balaban J connectivity index is 2.65. The largest absolute Gasteiger partial charge is 0.394 e. The SMILES string of the molecule is N[C@@H](CO)c1cc[nH]c1. The van der Waals surface area contributed by atoms with Crippen molar-refractivity contribution in [2.24, 2.45) is 5.73 Å². The first kappa shape index (κ1) is 6.32. The lowest BCUT2D eigenvalue weighted by Crippen LogP contribution is -2.13. The van der Waals surface area contributed by atoms with Gasteiger partial charge in [-0.15, -0.1) is 0 Å². The summed E-state index contributed by atoms with van der Waals surface area (Å²) in [4.78, 5) is 2.85. The normalized spacial score (nSPS) is 13.6. The van der Waals surface area contributed by atoms with Gasteiger partial charge in [-0.1, -0.05) is 0 Å². The van der Waals surface area contributed by atoms with Crippen molar-refractivity contribution in [2.75, 3.05) is 6.61 Å². The summed E-state index contributed by atoms with van der Waals surface area (Å²) in [5.41, 5.74) is 6.41. The molecule has 0 aromatic carbocycles. The van der Waals surface area contributed by atoms with Gasteiger partial charge in [0, 0.05) is 12.4 Å². The molecular weight excluding hydrogens is 116 g/mol. The van der Waals surface area contributed by atoms with E-state index in [1.165, 1.54) is 0 Å². The Bertz CT molecular complexity index is 160. The molecule has 0 aliphatic carbocycles. The van der Waals surface area contributed by atoms with Crippen LogP contribution in [0.4, 0.5) is 0 Å². The molecule has 0 saturated heterocycles. The van der Waals surface area contributed by atoms with Crippen LogP contribution in [-0.4, -0.2) is 16.7 Å². The minimum absolute atomic E-state index is 0.00213. The van der Waals surface area contributed by atoms with E-state index in [4.69, 9.17) is 10.8 Å². The molecule has 0 spiro atoms. The first-order valence-corrected chi connectivity index (χ1v) is 2.83. The van der Waals surface area contributed by atoms with Gasteiger partial charge in [-0.05, 0) is 11.6 Å². The lowest BCUT2D eigenvalue weighted by molar-refractivity contribution is 0.268. The van der Waals surface area contributed by atoms with Crippen LogP contribution in [-0.2, 0) is 0 Å². The molecule has 0 fully saturated rings. The van der Waals surface area contributed by atoms with Crippen LogP contribution in [0.1, 0.15) is 11.6 Å². The average Bonchev–Trinajstić information content (AvgIpc) is 2.37. The molecule has 9 heavy (non-hydrogen) atoms. The van der Waals surface area contributed by atoms with Crippen molar-refractivity contribution in [3.8, 4) is 0 Å². The molecule has 1 heterocycles. The molecule has 0 radical (unpaired) electrons. The van der Waals surface area contributed by atoms with E-state index in [1.54, 1.807) is 12.4 Å². The third-order valence-electron chi connectivity index (χ3n) is 1.25. The number of rotatable bonds is 2. The predicted octanol–water partition coefficient (Wildman–Crippen LogP) is 0.00680. The van der Waals surface area contributed by atoms with Crippen molar-refractivity contribution in [3.63, 3.8) is 0 Å². The van der Waals surface area contributed by atoms with Crippen LogP contribution in [0.25, 0.3) is 0 Å². The molecule has 0 amide bonds. The van der Waals surface area contributed by atoms with E-state index in [0.29, 0.717) is 0 Å². The number of aliphatic hydroxyl groups excluding tert-OH is 1. The summed E-state index contributed by atoms with van der Waals surface area (Å²) < 4.78 is 0. The van der Waals surface area contributed by atoms with E-state index >= 15 is 0 Å². The van der Waals surface area contributed by atoms with Crippen LogP contribution in [0.2, 0.25) is 0 Å². The zero-order valence-electron chi connectivity index (χ0n) is 5.04. The molecule has 1 atom stereocenters. The zero-order valence-corrected chi connectivity index (χ0v) is 5.04. The van der Waals surface area contributed by atoms with Crippen molar-refractivity contribution in [1.82, 2.24) is 4.98 Å². The Kier molecular flexibility index (Phi) is 1.87. The summed E-state index contributed by atoms with van der Waals surface area (Å²) in [6.45, 7) is -0.00213. The lowest BCUT2D eigenvalue weighted by atomic mass is 10.2. The molecular formula is C6H10N2O. The van der Waals surface area contributed by atoms with Crippen LogP contribution in [0, 0.1) is 0 Å². The topological polar surface area (TPSA) is 62.0 Å². The van der Waals surface area contributed by atoms with Gasteiger partial charge >= 0.3 is 0 Å². The van der Waals surface area contributed by atoms with Crippen LogP contribution in [0.3, 0.4) is 0 Å². The van der Waals surface area contributed by atoms with Crippen molar-refractivity contribution < 1.29 is 5.11 Å². The molecule has 0 bridgehead atoms. The number of hydrogen-bond donors (Lipinski definition) is 3. The highest BCUT2D eigenvalue weighted by Gasteiger charge is 2.01. The van der Waals surface area contributed by atoms with Gasteiger partial charge < -0.3 is 15.8 Å². The molecule has 1 rings (SSSR count). The van der Waals surface area contributed by atoms with Crippen molar-refractivity contribution in [3.05, 3.63) is 24.0 Å². The fourth-order valence-electron chi connectivity index (χ4n) is 0.673. The van der Waals surface area contributed by atoms with Gasteiger partial charge in [0.15, 0.2) is 0 Å². The first-order chi connectivity index (χ1) is 4.34.